The number of methoxy groups -OCH3 is 1. The minimum absolute atomic E-state index is 0.281. The molecule has 0 saturated heterocycles. The molecule has 1 aromatic heterocycles. The molecule has 2 N–H and O–H groups in total. The van der Waals surface area contributed by atoms with Crippen LogP contribution in [0.2, 0.25) is 5.02 Å². The molecular formula is C21H21ClN4O2. The Bertz CT molecular complexity index is 978. The number of nitrogens with zero attached hydrogens (tertiary/aromatic N) is 2. The van der Waals surface area contributed by atoms with Gasteiger partial charge < -0.3 is 15.4 Å². The average Bonchev–Trinajstić information content (AvgIpc) is 2.68. The van der Waals surface area contributed by atoms with E-state index in [9.17, 15) is 4.79 Å². The molecule has 28 heavy (non-hydrogen) atoms. The van der Waals surface area contributed by atoms with Crippen LogP contribution in [0.15, 0.2) is 54.6 Å². The number of para-hydroxylation sites is 2. The first kappa shape index (κ1) is 19.6. The lowest BCUT2D eigenvalue weighted by molar-refractivity contribution is 0.102. The SMILES string of the molecule is COc1ccccc1NC(=O)c1cc(C)nc(NCCc2cccc(Cl)c2)n1. The van der Waals surface area contributed by atoms with Crippen molar-refractivity contribution in [1.82, 2.24) is 9.97 Å². The van der Waals surface area contributed by atoms with Gasteiger partial charge in [-0.15, -0.1) is 0 Å². The smallest absolute Gasteiger partial charge is 0.274 e. The molecule has 6 nitrogen and oxygen atoms in total. The standard InChI is InChI=1S/C21H21ClN4O2/c1-14-12-18(20(27)25-17-8-3-4-9-19(17)28-2)26-21(24-14)23-11-10-15-6-5-7-16(22)13-15/h3-9,12-13H,10-11H2,1-2H3,(H,25,27)(H,23,24,26). The van der Waals surface area contributed by atoms with E-state index in [0.29, 0.717) is 34.6 Å². The second kappa shape index (κ2) is 9.19. The number of ether oxygens (including phenoxy) is 1. The Labute approximate surface area is 168 Å². The summed E-state index contributed by atoms with van der Waals surface area (Å²) in [7, 11) is 1.56. The zero-order valence-corrected chi connectivity index (χ0v) is 16.5. The average molecular weight is 397 g/mol. The molecule has 0 aliphatic carbocycles. The number of carbonyl (C=O) groups is 1. The zero-order chi connectivity index (χ0) is 19.9. The van der Waals surface area contributed by atoms with E-state index in [1.807, 2.05) is 43.3 Å². The molecule has 3 aromatic rings. The number of nitrogens with one attached hydrogen (secondary N) is 2. The number of amides is 1. The van der Waals surface area contributed by atoms with Crippen molar-refractivity contribution in [1.29, 1.82) is 0 Å². The first-order valence-electron chi connectivity index (χ1n) is 8.83. The molecule has 0 spiro atoms. The zero-order valence-electron chi connectivity index (χ0n) is 15.7. The van der Waals surface area contributed by atoms with Gasteiger partial charge in [0.1, 0.15) is 11.4 Å². The van der Waals surface area contributed by atoms with Gasteiger partial charge in [-0.25, -0.2) is 9.97 Å². The summed E-state index contributed by atoms with van der Waals surface area (Å²) in [6, 6.07) is 16.6. The van der Waals surface area contributed by atoms with E-state index in [2.05, 4.69) is 20.6 Å². The van der Waals surface area contributed by atoms with E-state index in [0.717, 1.165) is 12.0 Å². The number of aromatic nitrogens is 2. The quantitative estimate of drug-likeness (QED) is 0.620. The fraction of sp³-hybridized carbons (Fsp3) is 0.190. The van der Waals surface area contributed by atoms with Crippen molar-refractivity contribution in [2.45, 2.75) is 13.3 Å². The van der Waals surface area contributed by atoms with Gasteiger partial charge in [0.25, 0.3) is 5.91 Å². The molecule has 0 bridgehead atoms. The number of aryl methyl sites for hydroxylation is 1. The Kier molecular flexibility index (Phi) is 6.45. The maximum Gasteiger partial charge on any atom is 0.274 e. The van der Waals surface area contributed by atoms with E-state index in [1.165, 1.54) is 0 Å². The molecule has 144 valence electrons. The molecule has 2 aromatic carbocycles. The predicted octanol–water partition coefficient (Wildman–Crippen LogP) is 4.35. The first-order valence-corrected chi connectivity index (χ1v) is 9.21. The Morgan fingerprint density at radius 2 is 1.93 bits per heavy atom. The number of hydrogen-bond acceptors (Lipinski definition) is 5. The normalized spacial score (nSPS) is 10.4. The van der Waals surface area contributed by atoms with Gasteiger partial charge in [0.2, 0.25) is 5.95 Å². The van der Waals surface area contributed by atoms with E-state index >= 15 is 0 Å². The molecular weight excluding hydrogens is 376 g/mol. The van der Waals surface area contributed by atoms with Crippen LogP contribution in [0.4, 0.5) is 11.6 Å². The third-order valence-corrected chi connectivity index (χ3v) is 4.26. The van der Waals surface area contributed by atoms with E-state index in [-0.39, 0.29) is 11.6 Å². The molecule has 1 amide bonds. The van der Waals surface area contributed by atoms with Gasteiger partial charge in [-0.3, -0.25) is 4.79 Å². The number of rotatable bonds is 7. The predicted molar refractivity (Wildman–Crippen MR) is 111 cm³/mol. The minimum Gasteiger partial charge on any atom is -0.495 e. The number of benzene rings is 2. The van der Waals surface area contributed by atoms with Gasteiger partial charge in [-0.2, -0.15) is 0 Å². The lowest BCUT2D eigenvalue weighted by Crippen LogP contribution is -2.17. The largest absolute Gasteiger partial charge is 0.495 e. The third kappa shape index (κ3) is 5.20. The molecule has 0 unspecified atom stereocenters. The summed E-state index contributed by atoms with van der Waals surface area (Å²) in [6.45, 7) is 2.45. The van der Waals surface area contributed by atoms with Gasteiger partial charge >= 0.3 is 0 Å². The van der Waals surface area contributed by atoms with Gasteiger partial charge in [-0.05, 0) is 49.2 Å². The molecule has 3 rings (SSSR count). The molecule has 0 aliphatic rings. The second-order valence-electron chi connectivity index (χ2n) is 6.18. The lowest BCUT2D eigenvalue weighted by atomic mass is 10.1. The highest BCUT2D eigenvalue weighted by Gasteiger charge is 2.13. The van der Waals surface area contributed by atoms with Gasteiger partial charge in [0.05, 0.1) is 12.8 Å². The maximum absolute atomic E-state index is 12.6. The van der Waals surface area contributed by atoms with Crippen LogP contribution in [0.5, 0.6) is 5.75 Å². The van der Waals surface area contributed by atoms with Crippen LogP contribution in [-0.2, 0) is 6.42 Å². The molecule has 0 fully saturated rings. The molecule has 7 heteroatoms. The number of hydrogen-bond donors (Lipinski definition) is 2. The van der Waals surface area contributed by atoms with Crippen molar-refractivity contribution in [2.24, 2.45) is 0 Å². The maximum atomic E-state index is 12.6. The number of carbonyl (C=O) groups excluding carboxylic acids is 1. The summed E-state index contributed by atoms with van der Waals surface area (Å²) in [5, 5.41) is 6.70. The van der Waals surface area contributed by atoms with Crippen LogP contribution in [-0.4, -0.2) is 29.5 Å². The fourth-order valence-electron chi connectivity index (χ4n) is 2.71. The van der Waals surface area contributed by atoms with Gasteiger partial charge in [0.15, 0.2) is 0 Å². The van der Waals surface area contributed by atoms with Crippen LogP contribution >= 0.6 is 11.6 Å². The highest BCUT2D eigenvalue weighted by Crippen LogP contribution is 2.23. The number of halogens is 1. The molecule has 1 heterocycles. The van der Waals surface area contributed by atoms with Crippen molar-refractivity contribution < 1.29 is 9.53 Å². The Hall–Kier alpha value is -3.12. The summed E-state index contributed by atoms with van der Waals surface area (Å²) >= 11 is 6.01. The summed E-state index contributed by atoms with van der Waals surface area (Å²) < 4.78 is 5.26. The molecule has 0 aliphatic heterocycles. The summed E-state index contributed by atoms with van der Waals surface area (Å²) in [5.74, 6) is 0.668. The number of anilines is 2. The molecule has 0 saturated carbocycles. The monoisotopic (exact) mass is 396 g/mol. The van der Waals surface area contributed by atoms with Crippen LogP contribution in [0, 0.1) is 6.92 Å². The van der Waals surface area contributed by atoms with Crippen molar-refractivity contribution in [2.75, 3.05) is 24.3 Å². The van der Waals surface area contributed by atoms with Crippen molar-refractivity contribution in [3.63, 3.8) is 0 Å². The minimum atomic E-state index is -0.326. The third-order valence-electron chi connectivity index (χ3n) is 4.03. The summed E-state index contributed by atoms with van der Waals surface area (Å²) in [4.78, 5) is 21.3. The topological polar surface area (TPSA) is 76.1 Å². The molecule has 0 radical (unpaired) electrons. The van der Waals surface area contributed by atoms with Crippen LogP contribution in [0.1, 0.15) is 21.7 Å². The van der Waals surface area contributed by atoms with Crippen molar-refractivity contribution >= 4 is 29.1 Å². The van der Waals surface area contributed by atoms with Crippen LogP contribution in [0.3, 0.4) is 0 Å². The van der Waals surface area contributed by atoms with E-state index < -0.39 is 0 Å². The summed E-state index contributed by atoms with van der Waals surface area (Å²) in [5.41, 5.74) is 2.68. The Morgan fingerprint density at radius 3 is 2.71 bits per heavy atom. The molecule has 0 atom stereocenters. The Balaban J connectivity index is 1.67. The van der Waals surface area contributed by atoms with Crippen LogP contribution < -0.4 is 15.4 Å². The van der Waals surface area contributed by atoms with Crippen molar-refractivity contribution in [3.8, 4) is 5.75 Å². The Morgan fingerprint density at radius 1 is 1.11 bits per heavy atom. The van der Waals surface area contributed by atoms with Crippen molar-refractivity contribution in [3.05, 3.63) is 76.6 Å². The highest BCUT2D eigenvalue weighted by molar-refractivity contribution is 6.30. The van der Waals surface area contributed by atoms with E-state index in [4.69, 9.17) is 16.3 Å². The first-order chi connectivity index (χ1) is 13.5. The van der Waals surface area contributed by atoms with Gasteiger partial charge in [0, 0.05) is 17.3 Å². The van der Waals surface area contributed by atoms with Crippen LogP contribution in [0.25, 0.3) is 0 Å². The lowest BCUT2D eigenvalue weighted by Gasteiger charge is -2.11. The highest BCUT2D eigenvalue weighted by atomic mass is 35.5. The van der Waals surface area contributed by atoms with Gasteiger partial charge in [-0.1, -0.05) is 35.9 Å². The van der Waals surface area contributed by atoms with E-state index in [1.54, 1.807) is 25.3 Å². The second-order valence-corrected chi connectivity index (χ2v) is 6.62. The summed E-state index contributed by atoms with van der Waals surface area (Å²) in [6.07, 6.45) is 0.764. The fourth-order valence-corrected chi connectivity index (χ4v) is 2.92.